The van der Waals surface area contributed by atoms with E-state index in [9.17, 15) is 9.90 Å². The van der Waals surface area contributed by atoms with Gasteiger partial charge in [0.2, 0.25) is 5.95 Å². The molecule has 3 heterocycles. The van der Waals surface area contributed by atoms with Gasteiger partial charge < -0.3 is 20.3 Å². The Bertz CT molecular complexity index is 697. The molecule has 0 amide bonds. The molecule has 9 nitrogen and oxygen atoms in total. The van der Waals surface area contributed by atoms with Gasteiger partial charge in [-0.25, -0.2) is 4.98 Å². The third-order valence-electron chi connectivity index (χ3n) is 3.45. The van der Waals surface area contributed by atoms with Crippen LogP contribution in [0.5, 0.6) is 0 Å². The first kappa shape index (κ1) is 14.0. The molecule has 1 aliphatic rings. The number of nitrogens with one attached hydrogen (secondary N) is 1. The first-order valence-corrected chi connectivity index (χ1v) is 6.73. The molecule has 0 bridgehead atoms. The quantitative estimate of drug-likeness (QED) is 0.686. The van der Waals surface area contributed by atoms with E-state index in [0.717, 1.165) is 0 Å². The van der Waals surface area contributed by atoms with Gasteiger partial charge in [-0.1, -0.05) is 0 Å². The summed E-state index contributed by atoms with van der Waals surface area (Å²) in [5, 5.41) is 10.0. The topological polar surface area (TPSA) is 128 Å². The average Bonchev–Trinajstić information content (AvgIpc) is 3.00. The van der Waals surface area contributed by atoms with Crippen molar-refractivity contribution in [1.82, 2.24) is 19.5 Å². The lowest BCUT2D eigenvalue weighted by atomic mass is 10.2. The standard InChI is InChI=1S/C12H17N5O4/c1-2-20-4-7-6(18)3-8(21-7)17-5-14-9-10(17)15-12(13)16-11(9)19/h5-8,18H,2-4H2,1H3,(H3,13,15,16,19)/t6-,7+,8+/m0/s1. The number of nitrogens with zero attached hydrogens (tertiary/aromatic N) is 3. The first-order chi connectivity index (χ1) is 10.1. The summed E-state index contributed by atoms with van der Waals surface area (Å²) in [6.45, 7) is 2.75. The van der Waals surface area contributed by atoms with Gasteiger partial charge in [-0.15, -0.1) is 0 Å². The summed E-state index contributed by atoms with van der Waals surface area (Å²) in [5.74, 6) is 0.0126. The van der Waals surface area contributed by atoms with Crippen LogP contribution in [0.1, 0.15) is 19.6 Å². The van der Waals surface area contributed by atoms with E-state index in [1.807, 2.05) is 6.92 Å². The van der Waals surface area contributed by atoms with Crippen molar-refractivity contribution in [2.45, 2.75) is 31.8 Å². The van der Waals surface area contributed by atoms with Crippen molar-refractivity contribution in [3.63, 3.8) is 0 Å². The van der Waals surface area contributed by atoms with Gasteiger partial charge in [-0.2, -0.15) is 4.98 Å². The number of aliphatic hydroxyl groups is 1. The highest BCUT2D eigenvalue weighted by Gasteiger charge is 2.35. The lowest BCUT2D eigenvalue weighted by Gasteiger charge is -2.15. The van der Waals surface area contributed by atoms with E-state index in [0.29, 0.717) is 25.3 Å². The van der Waals surface area contributed by atoms with Crippen molar-refractivity contribution < 1.29 is 14.6 Å². The largest absolute Gasteiger partial charge is 0.390 e. The highest BCUT2D eigenvalue weighted by atomic mass is 16.6. The summed E-state index contributed by atoms with van der Waals surface area (Å²) < 4.78 is 12.6. The van der Waals surface area contributed by atoms with Crippen LogP contribution >= 0.6 is 0 Å². The van der Waals surface area contributed by atoms with Gasteiger partial charge in [0.15, 0.2) is 11.2 Å². The Morgan fingerprint density at radius 2 is 2.48 bits per heavy atom. The number of aromatic nitrogens is 4. The number of hydrogen-bond acceptors (Lipinski definition) is 7. The van der Waals surface area contributed by atoms with Crippen LogP contribution in [-0.4, -0.2) is 50.0 Å². The van der Waals surface area contributed by atoms with Crippen LogP contribution in [-0.2, 0) is 9.47 Å². The number of imidazole rings is 1. The second kappa shape index (κ2) is 5.43. The summed E-state index contributed by atoms with van der Waals surface area (Å²) in [6, 6.07) is 0. The Balaban J connectivity index is 1.90. The Kier molecular flexibility index (Phi) is 3.62. The first-order valence-electron chi connectivity index (χ1n) is 6.73. The molecule has 0 aliphatic carbocycles. The zero-order valence-corrected chi connectivity index (χ0v) is 11.5. The molecular weight excluding hydrogens is 278 g/mol. The Morgan fingerprint density at radius 1 is 1.67 bits per heavy atom. The number of nitrogen functional groups attached to an aromatic ring is 1. The second-order valence-corrected chi connectivity index (χ2v) is 4.87. The molecule has 0 unspecified atom stereocenters. The van der Waals surface area contributed by atoms with E-state index < -0.39 is 24.0 Å². The van der Waals surface area contributed by atoms with Gasteiger partial charge >= 0.3 is 0 Å². The maximum atomic E-state index is 11.7. The lowest BCUT2D eigenvalue weighted by Crippen LogP contribution is -2.26. The molecule has 2 aromatic heterocycles. The minimum atomic E-state index is -0.640. The van der Waals surface area contributed by atoms with Gasteiger partial charge in [0.1, 0.15) is 12.3 Å². The van der Waals surface area contributed by atoms with Gasteiger partial charge in [0.25, 0.3) is 5.56 Å². The van der Waals surface area contributed by atoms with Crippen LogP contribution in [0.2, 0.25) is 0 Å². The molecule has 114 valence electrons. The second-order valence-electron chi connectivity index (χ2n) is 4.87. The van der Waals surface area contributed by atoms with Gasteiger partial charge in [-0.05, 0) is 6.92 Å². The number of ether oxygens (including phenoxy) is 2. The minimum absolute atomic E-state index is 0.0126. The Morgan fingerprint density at radius 3 is 3.24 bits per heavy atom. The van der Waals surface area contributed by atoms with E-state index in [2.05, 4.69) is 15.0 Å². The molecule has 0 spiro atoms. The van der Waals surface area contributed by atoms with Gasteiger partial charge in [0.05, 0.1) is 19.0 Å². The number of aliphatic hydroxyl groups excluding tert-OH is 1. The molecule has 1 saturated heterocycles. The van der Waals surface area contributed by atoms with Crippen LogP contribution < -0.4 is 11.3 Å². The fourth-order valence-electron chi connectivity index (χ4n) is 2.42. The minimum Gasteiger partial charge on any atom is -0.390 e. The smallest absolute Gasteiger partial charge is 0.280 e. The molecule has 3 atom stereocenters. The zero-order valence-electron chi connectivity index (χ0n) is 11.5. The van der Waals surface area contributed by atoms with E-state index in [4.69, 9.17) is 15.2 Å². The molecule has 3 rings (SSSR count). The van der Waals surface area contributed by atoms with Crippen LogP contribution in [0.15, 0.2) is 11.1 Å². The van der Waals surface area contributed by atoms with E-state index in [1.165, 1.54) is 6.33 Å². The molecule has 4 N–H and O–H groups in total. The van der Waals surface area contributed by atoms with Crippen LogP contribution in [0, 0.1) is 0 Å². The number of fused-ring (bicyclic) bond motifs is 1. The molecule has 1 fully saturated rings. The predicted molar refractivity (Wildman–Crippen MR) is 73.6 cm³/mol. The molecule has 1 aliphatic heterocycles. The molecule has 2 aromatic rings. The summed E-state index contributed by atoms with van der Waals surface area (Å²) in [5.41, 5.74) is 5.68. The monoisotopic (exact) mass is 295 g/mol. The van der Waals surface area contributed by atoms with Crippen molar-refractivity contribution in [2.24, 2.45) is 0 Å². The molecule has 0 radical (unpaired) electrons. The van der Waals surface area contributed by atoms with Crippen LogP contribution in [0.4, 0.5) is 5.95 Å². The summed E-state index contributed by atoms with van der Waals surface area (Å²) in [4.78, 5) is 22.2. The fourth-order valence-corrected chi connectivity index (χ4v) is 2.42. The zero-order chi connectivity index (χ0) is 15.0. The highest BCUT2D eigenvalue weighted by molar-refractivity contribution is 5.70. The van der Waals surface area contributed by atoms with Crippen molar-refractivity contribution >= 4 is 17.1 Å². The number of aromatic amines is 1. The van der Waals surface area contributed by atoms with E-state index in [1.54, 1.807) is 4.57 Å². The molecule has 21 heavy (non-hydrogen) atoms. The predicted octanol–water partition coefficient (Wildman–Crippen LogP) is -0.613. The maximum absolute atomic E-state index is 11.7. The molecule has 9 heteroatoms. The van der Waals surface area contributed by atoms with Crippen LogP contribution in [0.25, 0.3) is 11.2 Å². The lowest BCUT2D eigenvalue weighted by molar-refractivity contribution is -0.0594. The van der Waals surface area contributed by atoms with Gasteiger partial charge in [0, 0.05) is 13.0 Å². The van der Waals surface area contributed by atoms with Gasteiger partial charge in [-0.3, -0.25) is 14.3 Å². The summed E-state index contributed by atoms with van der Waals surface area (Å²) in [7, 11) is 0. The summed E-state index contributed by atoms with van der Waals surface area (Å²) in [6.07, 6.45) is 0.332. The number of anilines is 1. The molecule has 0 saturated carbocycles. The maximum Gasteiger partial charge on any atom is 0.280 e. The van der Waals surface area contributed by atoms with Crippen molar-refractivity contribution in [3.8, 4) is 0 Å². The van der Waals surface area contributed by atoms with Crippen molar-refractivity contribution in [2.75, 3.05) is 18.9 Å². The third-order valence-corrected chi connectivity index (χ3v) is 3.45. The third kappa shape index (κ3) is 2.50. The Hall–Kier alpha value is -1.97. The average molecular weight is 295 g/mol. The number of rotatable bonds is 4. The fraction of sp³-hybridized carbons (Fsp3) is 0.583. The normalized spacial score (nSPS) is 25.7. The molecular formula is C12H17N5O4. The summed E-state index contributed by atoms with van der Waals surface area (Å²) >= 11 is 0. The SMILES string of the molecule is CCOC[C@H]1O[C@@H](n2cnc3c(=O)[nH]c(N)nc32)C[C@@H]1O. The number of H-pyrrole nitrogens is 1. The van der Waals surface area contributed by atoms with E-state index in [-0.39, 0.29) is 11.5 Å². The van der Waals surface area contributed by atoms with E-state index >= 15 is 0 Å². The Labute approximate surface area is 119 Å². The van der Waals surface area contributed by atoms with Crippen molar-refractivity contribution in [1.29, 1.82) is 0 Å². The van der Waals surface area contributed by atoms with Crippen molar-refractivity contribution in [3.05, 3.63) is 16.7 Å². The number of hydrogen-bond donors (Lipinski definition) is 3. The highest BCUT2D eigenvalue weighted by Crippen LogP contribution is 2.30. The number of nitrogens with two attached hydrogens (primary N) is 1. The molecule has 0 aromatic carbocycles. The van der Waals surface area contributed by atoms with Crippen LogP contribution in [0.3, 0.4) is 0 Å².